The number of rotatable bonds is 4. The predicted molar refractivity (Wildman–Crippen MR) is 72.2 cm³/mol. The van der Waals surface area contributed by atoms with Crippen molar-refractivity contribution in [1.29, 1.82) is 0 Å². The maximum Gasteiger partial charge on any atom is 0.223 e. The summed E-state index contributed by atoms with van der Waals surface area (Å²) in [6, 6.07) is 4.73. The average molecular weight is 260 g/mol. The van der Waals surface area contributed by atoms with Gasteiger partial charge in [-0.15, -0.1) is 0 Å². The lowest BCUT2D eigenvalue weighted by Crippen LogP contribution is -2.27. The Balaban J connectivity index is 1.61. The fourth-order valence-corrected chi connectivity index (χ4v) is 2.50. The van der Waals surface area contributed by atoms with Gasteiger partial charge in [0.05, 0.1) is 0 Å². The number of hydrogen-bond donors (Lipinski definition) is 2. The molecule has 1 amide bonds. The smallest absolute Gasteiger partial charge is 0.223 e. The molecule has 1 aliphatic carbocycles. The van der Waals surface area contributed by atoms with Gasteiger partial charge in [0.2, 0.25) is 5.91 Å². The molecule has 0 radical (unpaired) electrons. The molecule has 1 saturated carbocycles. The number of nitrogens with one attached hydrogen (secondary N) is 2. The van der Waals surface area contributed by atoms with Gasteiger partial charge in [0, 0.05) is 29.6 Å². The average Bonchev–Trinajstić information content (AvgIpc) is 2.98. The van der Waals surface area contributed by atoms with E-state index in [-0.39, 0.29) is 17.6 Å². The summed E-state index contributed by atoms with van der Waals surface area (Å²) in [7, 11) is 0. The van der Waals surface area contributed by atoms with Gasteiger partial charge in [0.25, 0.3) is 0 Å². The molecule has 1 aromatic carbocycles. The van der Waals surface area contributed by atoms with Gasteiger partial charge >= 0.3 is 0 Å². The predicted octanol–water partition coefficient (Wildman–Crippen LogP) is 2.62. The van der Waals surface area contributed by atoms with Crippen LogP contribution in [0.2, 0.25) is 0 Å². The largest absolute Gasteiger partial charge is 0.361 e. The molecular formula is C15H17FN2O. The molecule has 4 heteroatoms. The first-order valence-corrected chi connectivity index (χ1v) is 6.68. The third-order valence-electron chi connectivity index (χ3n) is 3.87. The molecule has 2 N–H and O–H groups in total. The Labute approximate surface area is 111 Å². The van der Waals surface area contributed by atoms with Crippen molar-refractivity contribution in [3.8, 4) is 0 Å². The number of aromatic nitrogens is 1. The second kappa shape index (κ2) is 4.68. The fourth-order valence-electron chi connectivity index (χ4n) is 2.50. The summed E-state index contributed by atoms with van der Waals surface area (Å²) in [6.07, 6.45) is 3.66. The van der Waals surface area contributed by atoms with Crippen molar-refractivity contribution in [3.05, 3.63) is 35.8 Å². The van der Waals surface area contributed by atoms with Crippen LogP contribution in [0.3, 0.4) is 0 Å². The van der Waals surface area contributed by atoms with E-state index in [2.05, 4.69) is 17.2 Å². The molecule has 0 bridgehead atoms. The first kappa shape index (κ1) is 12.2. The van der Waals surface area contributed by atoms with Crippen molar-refractivity contribution >= 4 is 16.8 Å². The van der Waals surface area contributed by atoms with Crippen LogP contribution in [-0.4, -0.2) is 17.4 Å². The van der Waals surface area contributed by atoms with Crippen molar-refractivity contribution in [3.63, 3.8) is 0 Å². The second-order valence-electron chi connectivity index (χ2n) is 5.36. The van der Waals surface area contributed by atoms with Crippen molar-refractivity contribution < 1.29 is 9.18 Å². The zero-order valence-electron chi connectivity index (χ0n) is 10.9. The zero-order chi connectivity index (χ0) is 13.4. The molecular weight excluding hydrogens is 243 g/mol. The third kappa shape index (κ3) is 2.48. The summed E-state index contributed by atoms with van der Waals surface area (Å²) in [6.45, 7) is 2.73. The van der Waals surface area contributed by atoms with E-state index in [4.69, 9.17) is 0 Å². The molecule has 0 spiro atoms. The highest BCUT2D eigenvalue weighted by atomic mass is 19.1. The fraction of sp³-hybridized carbons (Fsp3) is 0.400. The lowest BCUT2D eigenvalue weighted by atomic mass is 10.1. The normalized spacial score (nSPS) is 21.6. The Bertz CT molecular complexity index is 620. The summed E-state index contributed by atoms with van der Waals surface area (Å²) >= 11 is 0. The van der Waals surface area contributed by atoms with Crippen LogP contribution in [0.1, 0.15) is 18.9 Å². The van der Waals surface area contributed by atoms with Crippen LogP contribution in [0.5, 0.6) is 0 Å². The van der Waals surface area contributed by atoms with Gasteiger partial charge in [-0.1, -0.05) is 6.92 Å². The van der Waals surface area contributed by atoms with Crippen LogP contribution >= 0.6 is 0 Å². The van der Waals surface area contributed by atoms with E-state index in [1.165, 1.54) is 12.1 Å². The maximum atomic E-state index is 13.1. The van der Waals surface area contributed by atoms with Gasteiger partial charge in [-0.25, -0.2) is 4.39 Å². The number of aromatic amines is 1. The Morgan fingerprint density at radius 1 is 1.53 bits per heavy atom. The minimum absolute atomic E-state index is 0.165. The number of H-pyrrole nitrogens is 1. The highest BCUT2D eigenvalue weighted by molar-refractivity contribution is 5.83. The molecule has 3 rings (SSSR count). The van der Waals surface area contributed by atoms with E-state index < -0.39 is 0 Å². The summed E-state index contributed by atoms with van der Waals surface area (Å²) in [4.78, 5) is 14.7. The zero-order valence-corrected chi connectivity index (χ0v) is 10.9. The van der Waals surface area contributed by atoms with E-state index in [9.17, 15) is 9.18 Å². The number of fused-ring (bicyclic) bond motifs is 1. The quantitative estimate of drug-likeness (QED) is 0.872. The molecule has 0 aliphatic heterocycles. The minimum Gasteiger partial charge on any atom is -0.361 e. The van der Waals surface area contributed by atoms with Gasteiger partial charge < -0.3 is 10.3 Å². The molecule has 1 heterocycles. The summed E-state index contributed by atoms with van der Waals surface area (Å²) in [5.41, 5.74) is 1.91. The molecule has 0 unspecified atom stereocenters. The van der Waals surface area contributed by atoms with Gasteiger partial charge in [0.15, 0.2) is 0 Å². The first-order valence-electron chi connectivity index (χ1n) is 6.68. The Kier molecular flexibility index (Phi) is 3.01. The Morgan fingerprint density at radius 2 is 2.32 bits per heavy atom. The van der Waals surface area contributed by atoms with Crippen LogP contribution in [0.4, 0.5) is 4.39 Å². The van der Waals surface area contributed by atoms with Gasteiger partial charge in [-0.2, -0.15) is 0 Å². The van der Waals surface area contributed by atoms with Gasteiger partial charge in [-0.3, -0.25) is 4.79 Å². The topological polar surface area (TPSA) is 44.9 Å². The summed E-state index contributed by atoms with van der Waals surface area (Å²) in [5, 5.41) is 3.99. The van der Waals surface area contributed by atoms with E-state index in [1.807, 2.05) is 6.20 Å². The van der Waals surface area contributed by atoms with E-state index in [0.717, 1.165) is 29.3 Å². The van der Waals surface area contributed by atoms with Crippen molar-refractivity contribution in [2.75, 3.05) is 6.54 Å². The molecule has 19 heavy (non-hydrogen) atoms. The summed E-state index contributed by atoms with van der Waals surface area (Å²) in [5.74, 6) is 0.684. The molecule has 100 valence electrons. The molecule has 0 saturated heterocycles. The van der Waals surface area contributed by atoms with Crippen molar-refractivity contribution in [1.82, 2.24) is 10.3 Å². The van der Waals surface area contributed by atoms with Crippen LogP contribution in [-0.2, 0) is 11.2 Å². The molecule has 2 atom stereocenters. The van der Waals surface area contributed by atoms with E-state index >= 15 is 0 Å². The molecule has 1 aliphatic rings. The third-order valence-corrected chi connectivity index (χ3v) is 3.87. The second-order valence-corrected chi connectivity index (χ2v) is 5.36. The monoisotopic (exact) mass is 260 g/mol. The van der Waals surface area contributed by atoms with E-state index in [0.29, 0.717) is 12.5 Å². The first-order chi connectivity index (χ1) is 9.15. The van der Waals surface area contributed by atoms with Crippen molar-refractivity contribution in [2.24, 2.45) is 11.8 Å². The number of carbonyl (C=O) groups excluding carboxylic acids is 1. The maximum absolute atomic E-state index is 13.1. The highest BCUT2D eigenvalue weighted by Gasteiger charge is 2.38. The van der Waals surface area contributed by atoms with E-state index in [1.54, 1.807) is 6.07 Å². The van der Waals surface area contributed by atoms with Crippen LogP contribution in [0.15, 0.2) is 24.4 Å². The number of carbonyl (C=O) groups is 1. The van der Waals surface area contributed by atoms with Crippen LogP contribution < -0.4 is 5.32 Å². The van der Waals surface area contributed by atoms with Gasteiger partial charge in [-0.05, 0) is 42.5 Å². The molecule has 2 aromatic rings. The lowest BCUT2D eigenvalue weighted by molar-refractivity contribution is -0.122. The van der Waals surface area contributed by atoms with Crippen LogP contribution in [0.25, 0.3) is 10.9 Å². The standard InChI is InChI=1S/C15H17FN2O/c1-9-6-13(9)15(19)17-5-4-10-8-18-14-7-11(16)2-3-12(10)14/h2-3,7-9,13,18H,4-6H2,1H3,(H,17,19)/t9-,13+/m1/s1. The lowest BCUT2D eigenvalue weighted by Gasteiger charge is -2.03. The van der Waals surface area contributed by atoms with Crippen LogP contribution in [0, 0.1) is 17.7 Å². The number of halogens is 1. The molecule has 1 aromatic heterocycles. The van der Waals surface area contributed by atoms with Gasteiger partial charge in [0.1, 0.15) is 5.82 Å². The number of hydrogen-bond acceptors (Lipinski definition) is 1. The molecule has 3 nitrogen and oxygen atoms in total. The van der Waals surface area contributed by atoms with Crippen molar-refractivity contribution in [2.45, 2.75) is 19.8 Å². The summed E-state index contributed by atoms with van der Waals surface area (Å²) < 4.78 is 13.1. The minimum atomic E-state index is -0.239. The number of benzene rings is 1. The Hall–Kier alpha value is -1.84. The highest BCUT2D eigenvalue weighted by Crippen LogP contribution is 2.37. The number of amides is 1. The SMILES string of the molecule is C[C@@H]1C[C@@H]1C(=O)NCCc1c[nH]c2cc(F)ccc12. The Morgan fingerprint density at radius 3 is 3.05 bits per heavy atom. The molecule has 1 fully saturated rings.